The van der Waals surface area contributed by atoms with E-state index in [2.05, 4.69) is 0 Å². The predicted octanol–water partition coefficient (Wildman–Crippen LogP) is 1.22. The first kappa shape index (κ1) is 17.4. The van der Waals surface area contributed by atoms with Crippen LogP contribution < -0.4 is 5.73 Å². The van der Waals surface area contributed by atoms with Gasteiger partial charge in [-0.25, -0.2) is 0 Å². The van der Waals surface area contributed by atoms with E-state index in [9.17, 15) is 9.90 Å². The minimum atomic E-state index is -0.725. The Morgan fingerprint density at radius 1 is 1.22 bits per heavy atom. The second-order valence-electron chi connectivity index (χ2n) is 5.88. The Bertz CT molecular complexity index is 256. The Morgan fingerprint density at radius 3 is 2.22 bits per heavy atom. The molecule has 0 aliphatic carbocycles. The summed E-state index contributed by atoms with van der Waals surface area (Å²) in [6.45, 7) is 9.69. The highest BCUT2D eigenvalue weighted by atomic mass is 16.5. The molecule has 5 nitrogen and oxygen atoms in total. The zero-order chi connectivity index (χ0) is 14.4. The predicted molar refractivity (Wildman–Crippen MR) is 70.2 cm³/mol. The van der Waals surface area contributed by atoms with Gasteiger partial charge in [0.25, 0.3) is 0 Å². The maximum absolute atomic E-state index is 11.2. The smallest absolute Gasteiger partial charge is 0.322 e. The van der Waals surface area contributed by atoms with Crippen molar-refractivity contribution < 1.29 is 19.4 Å². The first-order valence-corrected chi connectivity index (χ1v) is 6.32. The number of hydrogen-bond donors (Lipinski definition) is 2. The molecule has 0 aromatic heterocycles. The fourth-order valence-corrected chi connectivity index (χ4v) is 1.18. The SMILES string of the molecule is CC(N)C(=O)OCCC(C)(C)OCCC(C)(C)O. The number of ether oxygens (including phenoxy) is 2. The number of nitrogens with two attached hydrogens (primary N) is 1. The maximum Gasteiger partial charge on any atom is 0.322 e. The molecule has 0 saturated heterocycles. The van der Waals surface area contributed by atoms with E-state index in [1.165, 1.54) is 0 Å². The summed E-state index contributed by atoms with van der Waals surface area (Å²) in [4.78, 5) is 11.2. The monoisotopic (exact) mass is 261 g/mol. The third-order valence-corrected chi connectivity index (χ3v) is 2.53. The molecule has 3 N–H and O–H groups in total. The molecular formula is C13H27NO4. The zero-order valence-corrected chi connectivity index (χ0v) is 12.2. The van der Waals surface area contributed by atoms with Crippen LogP contribution in [0.5, 0.6) is 0 Å². The summed E-state index contributed by atoms with van der Waals surface area (Å²) in [5, 5.41) is 9.56. The highest BCUT2D eigenvalue weighted by Gasteiger charge is 2.21. The Morgan fingerprint density at radius 2 is 1.78 bits per heavy atom. The van der Waals surface area contributed by atoms with Gasteiger partial charge in [0.2, 0.25) is 0 Å². The molecule has 5 heteroatoms. The topological polar surface area (TPSA) is 81.8 Å². The van der Waals surface area contributed by atoms with Crippen molar-refractivity contribution in [3.8, 4) is 0 Å². The van der Waals surface area contributed by atoms with Crippen molar-refractivity contribution >= 4 is 5.97 Å². The van der Waals surface area contributed by atoms with Gasteiger partial charge in [-0.2, -0.15) is 0 Å². The van der Waals surface area contributed by atoms with Crippen molar-refractivity contribution in [2.45, 2.75) is 64.7 Å². The molecule has 0 spiro atoms. The molecule has 18 heavy (non-hydrogen) atoms. The summed E-state index contributed by atoms with van der Waals surface area (Å²) < 4.78 is 10.7. The van der Waals surface area contributed by atoms with E-state index in [0.29, 0.717) is 19.4 Å². The number of hydrogen-bond acceptors (Lipinski definition) is 5. The van der Waals surface area contributed by atoms with Gasteiger partial charge in [0.05, 0.1) is 24.4 Å². The molecular weight excluding hydrogens is 234 g/mol. The maximum atomic E-state index is 11.2. The lowest BCUT2D eigenvalue weighted by Crippen LogP contribution is -2.33. The van der Waals surface area contributed by atoms with Crippen LogP contribution in [-0.4, -0.2) is 41.5 Å². The fraction of sp³-hybridized carbons (Fsp3) is 0.923. The molecule has 1 atom stereocenters. The van der Waals surface area contributed by atoms with E-state index in [-0.39, 0.29) is 12.2 Å². The van der Waals surface area contributed by atoms with Crippen LogP contribution in [0.15, 0.2) is 0 Å². The molecule has 0 aliphatic heterocycles. The summed E-state index contributed by atoms with van der Waals surface area (Å²) in [7, 11) is 0. The first-order valence-electron chi connectivity index (χ1n) is 6.32. The molecule has 0 aliphatic rings. The third-order valence-electron chi connectivity index (χ3n) is 2.53. The summed E-state index contributed by atoms with van der Waals surface area (Å²) in [5.74, 6) is -0.401. The van der Waals surface area contributed by atoms with Gasteiger partial charge in [-0.1, -0.05) is 0 Å². The second kappa shape index (κ2) is 7.07. The van der Waals surface area contributed by atoms with E-state index >= 15 is 0 Å². The van der Waals surface area contributed by atoms with E-state index in [4.69, 9.17) is 15.2 Å². The van der Waals surface area contributed by atoms with Crippen LogP contribution in [0.1, 0.15) is 47.5 Å². The van der Waals surface area contributed by atoms with Crippen LogP contribution in [0.4, 0.5) is 0 Å². The molecule has 0 amide bonds. The fourth-order valence-electron chi connectivity index (χ4n) is 1.18. The number of carbonyl (C=O) groups is 1. The van der Waals surface area contributed by atoms with Crippen molar-refractivity contribution in [2.75, 3.05) is 13.2 Å². The number of aliphatic hydroxyl groups is 1. The molecule has 0 radical (unpaired) electrons. The minimum Gasteiger partial charge on any atom is -0.464 e. The van der Waals surface area contributed by atoms with E-state index in [1.807, 2.05) is 13.8 Å². The number of carbonyl (C=O) groups excluding carboxylic acids is 1. The Labute approximate surface area is 110 Å². The van der Waals surface area contributed by atoms with Gasteiger partial charge in [0.1, 0.15) is 6.04 Å². The van der Waals surface area contributed by atoms with E-state index in [1.54, 1.807) is 20.8 Å². The van der Waals surface area contributed by atoms with Gasteiger partial charge in [-0.05, 0) is 41.0 Å². The van der Waals surface area contributed by atoms with Crippen LogP contribution in [0.2, 0.25) is 0 Å². The van der Waals surface area contributed by atoms with Crippen LogP contribution in [0, 0.1) is 0 Å². The summed E-state index contributed by atoms with van der Waals surface area (Å²) in [6.07, 6.45) is 1.16. The molecule has 0 fully saturated rings. The van der Waals surface area contributed by atoms with Gasteiger partial charge in [0, 0.05) is 6.42 Å². The normalized spacial score (nSPS) is 14.4. The van der Waals surface area contributed by atoms with Crippen LogP contribution >= 0.6 is 0 Å². The average Bonchev–Trinajstić information content (AvgIpc) is 2.14. The van der Waals surface area contributed by atoms with Crippen molar-refractivity contribution in [2.24, 2.45) is 5.73 Å². The molecule has 1 unspecified atom stereocenters. The van der Waals surface area contributed by atoms with Crippen LogP contribution in [0.3, 0.4) is 0 Å². The molecule has 108 valence electrons. The van der Waals surface area contributed by atoms with E-state index < -0.39 is 17.6 Å². The van der Waals surface area contributed by atoms with Crippen molar-refractivity contribution in [1.82, 2.24) is 0 Å². The lowest BCUT2D eigenvalue weighted by Gasteiger charge is -2.27. The Balaban J connectivity index is 3.83. The standard InChI is InChI=1S/C13H27NO4/c1-10(14)11(15)17-8-7-13(4,5)18-9-6-12(2,3)16/h10,16H,6-9,14H2,1-5H3. The molecule has 0 rings (SSSR count). The minimum absolute atomic E-state index is 0.288. The Kier molecular flexibility index (Phi) is 6.81. The van der Waals surface area contributed by atoms with Crippen molar-refractivity contribution in [3.63, 3.8) is 0 Å². The van der Waals surface area contributed by atoms with Gasteiger partial charge in [0.15, 0.2) is 0 Å². The Hall–Kier alpha value is -0.650. The average molecular weight is 261 g/mol. The third kappa shape index (κ3) is 9.39. The van der Waals surface area contributed by atoms with Crippen LogP contribution in [-0.2, 0) is 14.3 Å². The molecule has 0 heterocycles. The van der Waals surface area contributed by atoms with Crippen molar-refractivity contribution in [3.05, 3.63) is 0 Å². The summed E-state index contributed by atoms with van der Waals surface area (Å²) in [5.41, 5.74) is 4.27. The number of esters is 1. The molecule has 0 aromatic carbocycles. The summed E-state index contributed by atoms with van der Waals surface area (Å²) >= 11 is 0. The zero-order valence-electron chi connectivity index (χ0n) is 12.2. The van der Waals surface area contributed by atoms with Crippen LogP contribution in [0.25, 0.3) is 0 Å². The molecule has 0 aromatic rings. The van der Waals surface area contributed by atoms with Crippen molar-refractivity contribution in [1.29, 1.82) is 0 Å². The molecule has 0 saturated carbocycles. The number of rotatable bonds is 8. The van der Waals surface area contributed by atoms with E-state index in [0.717, 1.165) is 0 Å². The highest BCUT2D eigenvalue weighted by Crippen LogP contribution is 2.17. The quantitative estimate of drug-likeness (QED) is 0.642. The lowest BCUT2D eigenvalue weighted by molar-refractivity contribution is -0.146. The summed E-state index contributed by atoms with van der Waals surface area (Å²) in [6, 6.07) is -0.593. The molecule has 0 bridgehead atoms. The van der Waals surface area contributed by atoms with Gasteiger partial charge >= 0.3 is 5.97 Å². The van der Waals surface area contributed by atoms with Gasteiger partial charge in [-0.3, -0.25) is 4.79 Å². The largest absolute Gasteiger partial charge is 0.464 e. The van der Waals surface area contributed by atoms with Gasteiger partial charge in [-0.15, -0.1) is 0 Å². The highest BCUT2D eigenvalue weighted by molar-refractivity contribution is 5.74. The lowest BCUT2D eigenvalue weighted by atomic mass is 10.0. The van der Waals surface area contributed by atoms with Gasteiger partial charge < -0.3 is 20.3 Å². The second-order valence-corrected chi connectivity index (χ2v) is 5.88. The first-order chi connectivity index (χ1) is 8.03.